The number of benzene rings is 2. The molecule has 1 aromatic heterocycles. The summed E-state index contributed by atoms with van der Waals surface area (Å²) in [5, 5.41) is 3.22. The van der Waals surface area contributed by atoms with Crippen LogP contribution in [0.15, 0.2) is 48.5 Å². The molecule has 0 spiro atoms. The molecule has 7 heteroatoms. The minimum atomic E-state index is -0.230. The lowest BCUT2D eigenvalue weighted by atomic mass is 10.2. The van der Waals surface area contributed by atoms with Gasteiger partial charge in [0.1, 0.15) is 11.6 Å². The molecule has 0 amide bonds. The van der Waals surface area contributed by atoms with E-state index in [1.807, 2.05) is 31.3 Å². The molecule has 130 valence electrons. The van der Waals surface area contributed by atoms with Gasteiger partial charge in [-0.3, -0.25) is 10.00 Å². The van der Waals surface area contributed by atoms with Crippen molar-refractivity contribution in [2.75, 3.05) is 14.2 Å². The molecular formula is C18H19FN4OS. The second-order valence-electron chi connectivity index (χ2n) is 5.79. The highest BCUT2D eigenvalue weighted by Crippen LogP contribution is 2.19. The van der Waals surface area contributed by atoms with Gasteiger partial charge in [0.15, 0.2) is 5.82 Å². The van der Waals surface area contributed by atoms with Gasteiger partial charge in [0.2, 0.25) is 4.77 Å². The minimum Gasteiger partial charge on any atom is -0.497 e. The third kappa shape index (κ3) is 4.32. The van der Waals surface area contributed by atoms with E-state index in [0.29, 0.717) is 23.8 Å². The number of hydrogen-bond donors (Lipinski definition) is 1. The summed E-state index contributed by atoms with van der Waals surface area (Å²) < 4.78 is 20.4. The summed E-state index contributed by atoms with van der Waals surface area (Å²) in [6, 6.07) is 14.1. The Kier molecular flexibility index (Phi) is 5.25. The monoisotopic (exact) mass is 358 g/mol. The standard InChI is InChI=1S/C18H19FN4OS/c1-22(11-13-3-7-15(19)8-4-13)12-23-18(25)20-17(21-23)14-5-9-16(24-2)10-6-14/h3-10H,11-12H2,1-2H3,(H,20,21,25). The highest BCUT2D eigenvalue weighted by Gasteiger charge is 2.08. The maximum absolute atomic E-state index is 13.0. The van der Waals surface area contributed by atoms with Crippen molar-refractivity contribution < 1.29 is 9.13 Å². The average Bonchev–Trinajstić information content (AvgIpc) is 2.97. The maximum atomic E-state index is 13.0. The molecule has 1 N–H and O–H groups in total. The smallest absolute Gasteiger partial charge is 0.217 e. The van der Waals surface area contributed by atoms with E-state index in [1.165, 1.54) is 12.1 Å². The highest BCUT2D eigenvalue weighted by molar-refractivity contribution is 7.71. The van der Waals surface area contributed by atoms with E-state index in [9.17, 15) is 4.39 Å². The molecule has 25 heavy (non-hydrogen) atoms. The van der Waals surface area contributed by atoms with Gasteiger partial charge in [-0.25, -0.2) is 9.07 Å². The molecule has 1 heterocycles. The molecule has 0 unspecified atom stereocenters. The number of halogens is 1. The van der Waals surface area contributed by atoms with Crippen LogP contribution in [0, 0.1) is 10.6 Å². The van der Waals surface area contributed by atoms with Crippen molar-refractivity contribution in [1.29, 1.82) is 0 Å². The van der Waals surface area contributed by atoms with Crippen molar-refractivity contribution in [2.45, 2.75) is 13.2 Å². The molecule has 0 bridgehead atoms. The Bertz CT molecular complexity index is 887. The van der Waals surface area contributed by atoms with Gasteiger partial charge in [0, 0.05) is 12.1 Å². The van der Waals surface area contributed by atoms with Crippen molar-refractivity contribution in [3.63, 3.8) is 0 Å². The molecule has 0 aliphatic heterocycles. The normalized spacial score (nSPS) is 11.0. The Morgan fingerprint density at radius 1 is 1.16 bits per heavy atom. The van der Waals surface area contributed by atoms with Crippen molar-refractivity contribution in [3.05, 3.63) is 64.7 Å². The first-order valence-corrected chi connectivity index (χ1v) is 8.20. The fourth-order valence-corrected chi connectivity index (χ4v) is 2.72. The van der Waals surface area contributed by atoms with Crippen LogP contribution in [0.3, 0.4) is 0 Å². The molecule has 0 atom stereocenters. The van der Waals surface area contributed by atoms with Gasteiger partial charge < -0.3 is 4.74 Å². The Morgan fingerprint density at radius 3 is 2.48 bits per heavy atom. The summed E-state index contributed by atoms with van der Waals surface area (Å²) in [4.78, 5) is 6.48. The Balaban J connectivity index is 1.71. The van der Waals surface area contributed by atoms with Crippen LogP contribution in [0.5, 0.6) is 5.75 Å². The first-order valence-electron chi connectivity index (χ1n) is 7.79. The molecule has 0 saturated carbocycles. The van der Waals surface area contributed by atoms with E-state index in [2.05, 4.69) is 15.0 Å². The Labute approximate surface area is 150 Å². The largest absolute Gasteiger partial charge is 0.497 e. The maximum Gasteiger partial charge on any atom is 0.217 e. The lowest BCUT2D eigenvalue weighted by Gasteiger charge is -2.16. The van der Waals surface area contributed by atoms with Gasteiger partial charge in [0.25, 0.3) is 0 Å². The lowest BCUT2D eigenvalue weighted by molar-refractivity contribution is 0.244. The molecule has 3 aromatic rings. The first-order chi connectivity index (χ1) is 12.0. The zero-order valence-corrected chi connectivity index (χ0v) is 14.9. The fraction of sp³-hybridized carbons (Fsp3) is 0.222. The van der Waals surface area contributed by atoms with Crippen LogP contribution in [0.2, 0.25) is 0 Å². The summed E-state index contributed by atoms with van der Waals surface area (Å²) >= 11 is 5.34. The number of methoxy groups -OCH3 is 1. The van der Waals surface area contributed by atoms with Gasteiger partial charge in [-0.2, -0.15) is 4.98 Å². The summed E-state index contributed by atoms with van der Waals surface area (Å²) in [5.41, 5.74) is 1.97. The molecule has 3 rings (SSSR count). The van der Waals surface area contributed by atoms with Gasteiger partial charge in [0.05, 0.1) is 13.8 Å². The average molecular weight is 358 g/mol. The van der Waals surface area contributed by atoms with E-state index >= 15 is 0 Å². The zero-order chi connectivity index (χ0) is 17.8. The molecule has 0 radical (unpaired) electrons. The van der Waals surface area contributed by atoms with Gasteiger partial charge in [-0.15, -0.1) is 0 Å². The number of ether oxygens (including phenoxy) is 1. The van der Waals surface area contributed by atoms with Crippen molar-refractivity contribution in [1.82, 2.24) is 19.7 Å². The first kappa shape index (κ1) is 17.3. The summed E-state index contributed by atoms with van der Waals surface area (Å²) in [7, 11) is 3.60. The van der Waals surface area contributed by atoms with Crippen LogP contribution in [-0.2, 0) is 13.2 Å². The predicted molar refractivity (Wildman–Crippen MR) is 97.3 cm³/mol. The number of H-pyrrole nitrogens is 1. The van der Waals surface area contributed by atoms with E-state index < -0.39 is 0 Å². The molecule has 0 aliphatic carbocycles. The Hall–Kier alpha value is -2.51. The van der Waals surface area contributed by atoms with E-state index in [-0.39, 0.29) is 5.82 Å². The van der Waals surface area contributed by atoms with Crippen LogP contribution in [-0.4, -0.2) is 33.8 Å². The van der Waals surface area contributed by atoms with E-state index in [0.717, 1.165) is 16.9 Å². The summed E-state index contributed by atoms with van der Waals surface area (Å²) in [6.07, 6.45) is 0. The molecule has 0 fully saturated rings. The summed E-state index contributed by atoms with van der Waals surface area (Å²) in [6.45, 7) is 1.23. The number of aromatic nitrogens is 3. The number of nitrogens with zero attached hydrogens (tertiary/aromatic N) is 3. The quantitative estimate of drug-likeness (QED) is 0.680. The van der Waals surface area contributed by atoms with Gasteiger partial charge >= 0.3 is 0 Å². The molecular weight excluding hydrogens is 339 g/mol. The highest BCUT2D eigenvalue weighted by atomic mass is 32.1. The van der Waals surface area contributed by atoms with Gasteiger partial charge in [-0.05, 0) is 61.2 Å². The third-order valence-corrected chi connectivity index (χ3v) is 4.10. The lowest BCUT2D eigenvalue weighted by Crippen LogP contribution is -2.22. The summed E-state index contributed by atoms with van der Waals surface area (Å²) in [5.74, 6) is 1.27. The van der Waals surface area contributed by atoms with Crippen molar-refractivity contribution in [2.24, 2.45) is 0 Å². The van der Waals surface area contributed by atoms with Crippen molar-refractivity contribution in [3.8, 4) is 17.1 Å². The molecule has 5 nitrogen and oxygen atoms in total. The van der Waals surface area contributed by atoms with Crippen LogP contribution < -0.4 is 4.74 Å². The second kappa shape index (κ2) is 7.58. The fourth-order valence-electron chi connectivity index (χ4n) is 2.52. The SMILES string of the molecule is COc1ccc(-c2nc(=S)n(CN(C)Cc3ccc(F)cc3)[nH]2)cc1. The van der Waals surface area contributed by atoms with E-state index in [1.54, 1.807) is 23.9 Å². The zero-order valence-electron chi connectivity index (χ0n) is 14.1. The van der Waals surface area contributed by atoms with E-state index in [4.69, 9.17) is 17.0 Å². The van der Waals surface area contributed by atoms with Crippen LogP contribution in [0.1, 0.15) is 5.56 Å². The molecule has 0 aliphatic rings. The van der Waals surface area contributed by atoms with Crippen molar-refractivity contribution >= 4 is 12.2 Å². The number of hydrogen-bond acceptors (Lipinski definition) is 4. The Morgan fingerprint density at radius 2 is 1.84 bits per heavy atom. The number of aromatic amines is 1. The predicted octanol–water partition coefficient (Wildman–Crippen LogP) is 3.84. The second-order valence-corrected chi connectivity index (χ2v) is 6.16. The topological polar surface area (TPSA) is 46.1 Å². The third-order valence-electron chi connectivity index (χ3n) is 3.79. The number of nitrogens with one attached hydrogen (secondary N) is 1. The van der Waals surface area contributed by atoms with Crippen LogP contribution in [0.4, 0.5) is 4.39 Å². The van der Waals surface area contributed by atoms with Gasteiger partial charge in [-0.1, -0.05) is 12.1 Å². The number of rotatable bonds is 6. The molecule has 2 aromatic carbocycles. The van der Waals surface area contributed by atoms with Crippen LogP contribution >= 0.6 is 12.2 Å². The molecule has 0 saturated heterocycles. The minimum absolute atomic E-state index is 0.230. The van der Waals surface area contributed by atoms with Crippen LogP contribution in [0.25, 0.3) is 11.4 Å².